The molecule has 8 heteroatoms. The lowest BCUT2D eigenvalue weighted by molar-refractivity contribution is 0.102. The van der Waals surface area contributed by atoms with E-state index in [0.29, 0.717) is 32.3 Å². The number of aromatic nitrogens is 3. The van der Waals surface area contributed by atoms with Crippen LogP contribution in [-0.2, 0) is 0 Å². The number of carbonyl (C=O) groups excluding carboxylic acids is 1. The van der Waals surface area contributed by atoms with Crippen molar-refractivity contribution < 1.29 is 13.9 Å². The fourth-order valence-electron chi connectivity index (χ4n) is 2.84. The van der Waals surface area contributed by atoms with E-state index in [1.807, 2.05) is 37.3 Å². The van der Waals surface area contributed by atoms with Gasteiger partial charge in [0.2, 0.25) is 5.13 Å². The number of nitrogens with one attached hydrogen (secondary N) is 1. The van der Waals surface area contributed by atoms with E-state index in [2.05, 4.69) is 20.5 Å². The summed E-state index contributed by atoms with van der Waals surface area (Å²) in [4.78, 5) is 17.1. The predicted molar refractivity (Wildman–Crippen MR) is 110 cm³/mol. The highest BCUT2D eigenvalue weighted by molar-refractivity contribution is 7.15. The van der Waals surface area contributed by atoms with E-state index in [1.54, 1.807) is 19.1 Å². The first-order chi connectivity index (χ1) is 14.0. The van der Waals surface area contributed by atoms with Crippen molar-refractivity contribution in [2.24, 2.45) is 0 Å². The van der Waals surface area contributed by atoms with Crippen molar-refractivity contribution >= 4 is 33.3 Å². The Morgan fingerprint density at radius 2 is 1.93 bits per heavy atom. The number of aryl methyl sites for hydroxylation is 1. The van der Waals surface area contributed by atoms with Crippen LogP contribution in [0.4, 0.5) is 9.52 Å². The fraction of sp³-hybridized carbons (Fsp3) is 0.143. The Morgan fingerprint density at radius 3 is 2.72 bits per heavy atom. The summed E-state index contributed by atoms with van der Waals surface area (Å²) in [5.74, 6) is -0.0259. The monoisotopic (exact) mass is 408 g/mol. The van der Waals surface area contributed by atoms with Gasteiger partial charge in [-0.15, -0.1) is 10.2 Å². The highest BCUT2D eigenvalue weighted by Crippen LogP contribution is 2.27. The second-order valence-corrected chi connectivity index (χ2v) is 7.44. The van der Waals surface area contributed by atoms with Crippen LogP contribution in [0.1, 0.15) is 34.1 Å². The van der Waals surface area contributed by atoms with E-state index < -0.39 is 0 Å². The lowest BCUT2D eigenvalue weighted by atomic mass is 10.1. The summed E-state index contributed by atoms with van der Waals surface area (Å²) in [5.41, 5.74) is 1.53. The average Bonchev–Trinajstić information content (AvgIpc) is 3.17. The summed E-state index contributed by atoms with van der Waals surface area (Å²) in [6.45, 7) is 3.60. The van der Waals surface area contributed by atoms with Crippen LogP contribution in [0.2, 0.25) is 0 Å². The summed E-state index contributed by atoms with van der Waals surface area (Å²) >= 11 is 1.24. The smallest absolute Gasteiger partial charge is 0.259 e. The van der Waals surface area contributed by atoms with Crippen LogP contribution in [-0.4, -0.2) is 21.1 Å². The Labute approximate surface area is 170 Å². The molecule has 0 aliphatic heterocycles. The third-order valence-corrected chi connectivity index (χ3v) is 5.28. The average molecular weight is 408 g/mol. The van der Waals surface area contributed by atoms with Gasteiger partial charge in [-0.1, -0.05) is 29.5 Å². The Balaban J connectivity index is 1.50. The molecule has 0 saturated carbocycles. The molecular weight excluding hydrogens is 391 g/mol. The van der Waals surface area contributed by atoms with Crippen molar-refractivity contribution in [1.29, 1.82) is 0 Å². The summed E-state index contributed by atoms with van der Waals surface area (Å²) in [7, 11) is 0. The predicted octanol–water partition coefficient (Wildman–Crippen LogP) is 4.93. The van der Waals surface area contributed by atoms with Crippen molar-refractivity contribution in [3.8, 4) is 5.75 Å². The minimum atomic E-state index is -0.379. The first-order valence-electron chi connectivity index (χ1n) is 8.93. The summed E-state index contributed by atoms with van der Waals surface area (Å²) < 4.78 is 19.3. The minimum Gasteiger partial charge on any atom is -0.483 e. The molecule has 0 spiro atoms. The van der Waals surface area contributed by atoms with Gasteiger partial charge in [-0.3, -0.25) is 15.1 Å². The molecule has 4 aromatic rings. The summed E-state index contributed by atoms with van der Waals surface area (Å²) in [6, 6.07) is 15.3. The van der Waals surface area contributed by atoms with Crippen molar-refractivity contribution in [3.63, 3.8) is 0 Å². The third-order valence-electron chi connectivity index (χ3n) is 4.28. The molecule has 0 aliphatic carbocycles. The molecule has 2 aromatic heterocycles. The lowest BCUT2D eigenvalue weighted by Crippen LogP contribution is -2.14. The van der Waals surface area contributed by atoms with Gasteiger partial charge in [-0.25, -0.2) is 4.39 Å². The van der Waals surface area contributed by atoms with Crippen LogP contribution in [0, 0.1) is 12.7 Å². The molecule has 0 radical (unpaired) electrons. The number of ether oxygens (including phenoxy) is 1. The zero-order valence-corrected chi connectivity index (χ0v) is 16.5. The Morgan fingerprint density at radius 1 is 1.14 bits per heavy atom. The van der Waals surface area contributed by atoms with Gasteiger partial charge in [0.15, 0.2) is 5.01 Å². The van der Waals surface area contributed by atoms with E-state index >= 15 is 0 Å². The molecule has 2 heterocycles. The van der Waals surface area contributed by atoms with Gasteiger partial charge in [0.1, 0.15) is 17.7 Å². The minimum absolute atomic E-state index is 0.312. The number of nitrogens with zero attached hydrogens (tertiary/aromatic N) is 3. The molecule has 1 amide bonds. The number of fused-ring (bicyclic) bond motifs is 1. The molecule has 1 atom stereocenters. The van der Waals surface area contributed by atoms with Crippen molar-refractivity contribution in [1.82, 2.24) is 15.2 Å². The van der Waals surface area contributed by atoms with Crippen LogP contribution in [0.3, 0.4) is 0 Å². The van der Waals surface area contributed by atoms with Crippen LogP contribution < -0.4 is 10.1 Å². The number of para-hydroxylation sites is 1. The number of rotatable bonds is 5. The fourth-order valence-corrected chi connectivity index (χ4v) is 3.56. The Kier molecular flexibility index (Phi) is 5.18. The maximum absolute atomic E-state index is 13.5. The maximum atomic E-state index is 13.5. The molecule has 0 saturated heterocycles. The van der Waals surface area contributed by atoms with Crippen LogP contribution in [0.15, 0.2) is 54.6 Å². The molecule has 29 heavy (non-hydrogen) atoms. The molecule has 4 rings (SSSR count). The number of anilines is 1. The highest BCUT2D eigenvalue weighted by Gasteiger charge is 2.17. The van der Waals surface area contributed by atoms with Gasteiger partial charge in [0.25, 0.3) is 5.91 Å². The number of hydrogen-bond donors (Lipinski definition) is 1. The van der Waals surface area contributed by atoms with Gasteiger partial charge in [-0.05, 0) is 50.2 Å². The highest BCUT2D eigenvalue weighted by atomic mass is 32.1. The molecule has 6 nitrogen and oxygen atoms in total. The zero-order chi connectivity index (χ0) is 20.4. The number of amides is 1. The van der Waals surface area contributed by atoms with E-state index in [9.17, 15) is 9.18 Å². The van der Waals surface area contributed by atoms with Gasteiger partial charge < -0.3 is 4.74 Å². The molecule has 0 aliphatic rings. The first kappa shape index (κ1) is 18.9. The largest absolute Gasteiger partial charge is 0.483 e. The lowest BCUT2D eigenvalue weighted by Gasteiger charge is -2.11. The van der Waals surface area contributed by atoms with Crippen molar-refractivity contribution in [2.45, 2.75) is 20.0 Å². The molecular formula is C21H17FN4O2S. The van der Waals surface area contributed by atoms with Gasteiger partial charge in [0.05, 0.1) is 16.8 Å². The maximum Gasteiger partial charge on any atom is 0.259 e. The molecule has 0 unspecified atom stereocenters. The second kappa shape index (κ2) is 7.92. The molecule has 0 bridgehead atoms. The summed E-state index contributed by atoms with van der Waals surface area (Å²) in [5, 5.41) is 12.4. The van der Waals surface area contributed by atoms with Crippen molar-refractivity contribution in [3.05, 3.63) is 76.7 Å². The summed E-state index contributed by atoms with van der Waals surface area (Å²) in [6.07, 6.45) is -0.312. The molecule has 2 aromatic carbocycles. The third kappa shape index (κ3) is 4.22. The number of carbonyl (C=O) groups is 1. The van der Waals surface area contributed by atoms with Gasteiger partial charge in [-0.2, -0.15) is 0 Å². The Bertz CT molecular complexity index is 1180. The number of benzene rings is 2. The van der Waals surface area contributed by atoms with Gasteiger partial charge in [0, 0.05) is 5.39 Å². The van der Waals surface area contributed by atoms with Gasteiger partial charge >= 0.3 is 0 Å². The van der Waals surface area contributed by atoms with E-state index in [4.69, 9.17) is 4.74 Å². The Hall–Kier alpha value is -3.39. The zero-order valence-electron chi connectivity index (χ0n) is 15.7. The van der Waals surface area contributed by atoms with Crippen LogP contribution >= 0.6 is 11.3 Å². The van der Waals surface area contributed by atoms with E-state index in [-0.39, 0.29) is 17.8 Å². The topological polar surface area (TPSA) is 77.0 Å². The second-order valence-electron chi connectivity index (χ2n) is 6.43. The standard InChI is InChI=1S/C21H17FN4O2S/c1-12-17(11-14-10-15(22)8-9-18(14)23-12)19(27)24-21-26-25-20(29-21)13(2)28-16-6-4-3-5-7-16/h3-11,13H,1-2H3,(H,24,26,27)/t13-/m0/s1. The number of pyridine rings is 1. The van der Waals surface area contributed by atoms with Crippen LogP contribution in [0.5, 0.6) is 5.75 Å². The van der Waals surface area contributed by atoms with Crippen molar-refractivity contribution in [2.75, 3.05) is 5.32 Å². The van der Waals surface area contributed by atoms with Crippen LogP contribution in [0.25, 0.3) is 10.9 Å². The van der Waals surface area contributed by atoms with E-state index in [0.717, 1.165) is 5.75 Å². The SMILES string of the molecule is Cc1nc2ccc(F)cc2cc1C(=O)Nc1nnc([C@H](C)Oc2ccccc2)s1. The molecule has 1 N–H and O–H groups in total. The quantitative estimate of drug-likeness (QED) is 0.507. The normalized spacial score (nSPS) is 12.0. The molecule has 146 valence electrons. The number of halogens is 1. The number of hydrogen-bond acceptors (Lipinski definition) is 6. The molecule has 0 fully saturated rings. The van der Waals surface area contributed by atoms with E-state index in [1.165, 1.54) is 23.5 Å². The first-order valence-corrected chi connectivity index (χ1v) is 9.74.